The molecule has 0 aliphatic rings. The van der Waals surface area contributed by atoms with E-state index in [1.54, 1.807) is 0 Å². The van der Waals surface area contributed by atoms with Crippen LogP contribution in [0.2, 0.25) is 0 Å². The molecule has 0 spiro atoms. The number of hydrogen-bond donors (Lipinski definition) is 1. The van der Waals surface area contributed by atoms with Crippen molar-refractivity contribution >= 4 is 0 Å². The lowest BCUT2D eigenvalue weighted by atomic mass is 9.76. The lowest BCUT2D eigenvalue weighted by molar-refractivity contribution is 0.417. The molecule has 1 rings (SSSR count). The van der Waals surface area contributed by atoms with E-state index in [1.165, 1.54) is 30.7 Å². The Labute approximate surface area is 132 Å². The molecule has 1 heterocycles. The topological polar surface area (TPSA) is 28.7 Å². The van der Waals surface area contributed by atoms with Gasteiger partial charge in [0.05, 0.1) is 5.69 Å². The van der Waals surface area contributed by atoms with Gasteiger partial charge in [-0.05, 0) is 12.8 Å². The summed E-state index contributed by atoms with van der Waals surface area (Å²) in [5.41, 5.74) is 2.98. The summed E-state index contributed by atoms with van der Waals surface area (Å²) in [5.74, 6) is 1.12. The van der Waals surface area contributed by atoms with Crippen LogP contribution in [0.4, 0.5) is 0 Å². The van der Waals surface area contributed by atoms with E-state index in [1.807, 2.05) is 0 Å². The van der Waals surface area contributed by atoms with E-state index in [2.05, 4.69) is 67.3 Å². The number of unbranched alkanes of at least 4 members (excludes halogenated alkanes) is 1. The van der Waals surface area contributed by atoms with Crippen LogP contribution in [0.5, 0.6) is 0 Å². The van der Waals surface area contributed by atoms with Gasteiger partial charge in [0.25, 0.3) is 0 Å². The maximum atomic E-state index is 5.06. The predicted octanol–water partition coefficient (Wildman–Crippen LogP) is 5.86. The molecule has 0 saturated heterocycles. The third-order valence-electron chi connectivity index (χ3n) is 4.77. The molecular weight excluding hydrogens is 256 g/mol. The maximum absolute atomic E-state index is 5.06. The van der Waals surface area contributed by atoms with Crippen LogP contribution in [-0.2, 0) is 16.2 Å². The first-order valence-corrected chi connectivity index (χ1v) is 8.57. The highest BCUT2D eigenvalue weighted by Crippen LogP contribution is 2.38. The van der Waals surface area contributed by atoms with E-state index in [9.17, 15) is 0 Å². The minimum absolute atomic E-state index is 0.0671. The lowest BCUT2D eigenvalue weighted by Crippen LogP contribution is -2.26. The fourth-order valence-electron chi connectivity index (χ4n) is 2.62. The van der Waals surface area contributed by atoms with Gasteiger partial charge in [0.1, 0.15) is 5.82 Å². The number of hydrogen-bond acceptors (Lipinski definition) is 1. The zero-order valence-corrected chi connectivity index (χ0v) is 15.8. The SMILES string of the molecule is CCCCC(C)(C)c1nc(C(C)(C)C)[nH]c1C(C)(C)CC. The lowest BCUT2D eigenvalue weighted by Gasteiger charge is -2.29. The Morgan fingerprint density at radius 1 is 0.905 bits per heavy atom. The number of H-pyrrole nitrogens is 1. The molecule has 122 valence electrons. The molecule has 21 heavy (non-hydrogen) atoms. The summed E-state index contributed by atoms with van der Waals surface area (Å²) in [6.07, 6.45) is 4.82. The van der Waals surface area contributed by atoms with Crippen molar-refractivity contribution in [1.29, 1.82) is 0 Å². The smallest absolute Gasteiger partial charge is 0.112 e. The van der Waals surface area contributed by atoms with Gasteiger partial charge in [-0.15, -0.1) is 0 Å². The highest BCUT2D eigenvalue weighted by molar-refractivity contribution is 5.30. The summed E-state index contributed by atoms with van der Waals surface area (Å²) in [5, 5.41) is 0. The Balaban J connectivity index is 3.38. The monoisotopic (exact) mass is 292 g/mol. The van der Waals surface area contributed by atoms with E-state index in [0.717, 1.165) is 12.2 Å². The van der Waals surface area contributed by atoms with Crippen molar-refractivity contribution in [3.8, 4) is 0 Å². The minimum Gasteiger partial charge on any atom is -0.345 e. The highest BCUT2D eigenvalue weighted by atomic mass is 15.0. The summed E-state index contributed by atoms with van der Waals surface area (Å²) >= 11 is 0. The van der Waals surface area contributed by atoms with Gasteiger partial charge in [-0.2, -0.15) is 0 Å². The molecule has 2 nitrogen and oxygen atoms in total. The Kier molecular flexibility index (Phi) is 5.34. The van der Waals surface area contributed by atoms with Crippen molar-refractivity contribution in [2.45, 2.75) is 104 Å². The van der Waals surface area contributed by atoms with Crippen molar-refractivity contribution in [3.05, 3.63) is 17.2 Å². The molecule has 0 bridgehead atoms. The van der Waals surface area contributed by atoms with Crippen LogP contribution in [-0.4, -0.2) is 9.97 Å². The van der Waals surface area contributed by atoms with Gasteiger partial charge in [-0.25, -0.2) is 4.98 Å². The molecular formula is C19H36N2. The van der Waals surface area contributed by atoms with Crippen LogP contribution in [0.3, 0.4) is 0 Å². The van der Waals surface area contributed by atoms with Crippen molar-refractivity contribution < 1.29 is 0 Å². The second-order valence-electron chi connectivity index (χ2n) is 8.78. The fraction of sp³-hybridized carbons (Fsp3) is 0.842. The van der Waals surface area contributed by atoms with E-state index < -0.39 is 0 Å². The Morgan fingerprint density at radius 2 is 1.48 bits per heavy atom. The molecule has 1 aromatic rings. The molecule has 1 N–H and O–H groups in total. The highest BCUT2D eigenvalue weighted by Gasteiger charge is 2.35. The quantitative estimate of drug-likeness (QED) is 0.698. The molecule has 0 fully saturated rings. The van der Waals surface area contributed by atoms with Crippen molar-refractivity contribution in [2.24, 2.45) is 0 Å². The summed E-state index contributed by atoms with van der Waals surface area (Å²) < 4.78 is 0. The van der Waals surface area contributed by atoms with Crippen LogP contribution >= 0.6 is 0 Å². The third kappa shape index (κ3) is 4.11. The van der Waals surface area contributed by atoms with Crippen molar-refractivity contribution in [1.82, 2.24) is 9.97 Å². The van der Waals surface area contributed by atoms with Gasteiger partial charge in [-0.3, -0.25) is 0 Å². The van der Waals surface area contributed by atoms with Gasteiger partial charge in [0.15, 0.2) is 0 Å². The first-order valence-electron chi connectivity index (χ1n) is 8.57. The van der Waals surface area contributed by atoms with E-state index in [4.69, 9.17) is 4.98 Å². The molecule has 0 aromatic carbocycles. The second-order valence-corrected chi connectivity index (χ2v) is 8.78. The summed E-state index contributed by atoms with van der Waals surface area (Å²) in [6, 6.07) is 0. The Hall–Kier alpha value is -0.790. The molecule has 0 aliphatic heterocycles. The molecule has 0 unspecified atom stereocenters. The number of nitrogens with one attached hydrogen (secondary N) is 1. The molecule has 0 aliphatic carbocycles. The first kappa shape index (κ1) is 18.3. The zero-order chi connectivity index (χ0) is 16.5. The van der Waals surface area contributed by atoms with Crippen LogP contribution < -0.4 is 0 Å². The van der Waals surface area contributed by atoms with E-state index in [0.29, 0.717) is 0 Å². The Bertz CT molecular complexity index is 458. The molecule has 0 atom stereocenters. The van der Waals surface area contributed by atoms with Crippen LogP contribution in [0, 0.1) is 0 Å². The number of imidazole rings is 1. The molecule has 1 aromatic heterocycles. The number of aromatic amines is 1. The van der Waals surface area contributed by atoms with Gasteiger partial charge in [0, 0.05) is 21.9 Å². The van der Waals surface area contributed by atoms with Crippen molar-refractivity contribution in [3.63, 3.8) is 0 Å². The standard InChI is InChI=1S/C19H36N2/c1-10-12-13-19(8,9)15-14(18(6,7)11-2)20-16(21-15)17(3,4)5/h10-13H2,1-9H3,(H,20,21). The van der Waals surface area contributed by atoms with Gasteiger partial charge in [0.2, 0.25) is 0 Å². The summed E-state index contributed by atoms with van der Waals surface area (Å²) in [6.45, 7) is 20.6. The average molecular weight is 293 g/mol. The maximum Gasteiger partial charge on any atom is 0.112 e. The van der Waals surface area contributed by atoms with E-state index >= 15 is 0 Å². The van der Waals surface area contributed by atoms with Crippen LogP contribution in [0.1, 0.15) is 105 Å². The number of aromatic nitrogens is 2. The van der Waals surface area contributed by atoms with Crippen LogP contribution in [0.25, 0.3) is 0 Å². The summed E-state index contributed by atoms with van der Waals surface area (Å²) in [7, 11) is 0. The Morgan fingerprint density at radius 3 is 1.90 bits per heavy atom. The third-order valence-corrected chi connectivity index (χ3v) is 4.77. The molecule has 2 heteroatoms. The predicted molar refractivity (Wildman–Crippen MR) is 93.2 cm³/mol. The average Bonchev–Trinajstić information content (AvgIpc) is 2.83. The van der Waals surface area contributed by atoms with Crippen molar-refractivity contribution in [2.75, 3.05) is 0 Å². The fourth-order valence-corrected chi connectivity index (χ4v) is 2.62. The number of rotatable bonds is 6. The van der Waals surface area contributed by atoms with Crippen LogP contribution in [0.15, 0.2) is 0 Å². The molecule has 0 saturated carbocycles. The normalized spacial score (nSPS) is 13.8. The largest absolute Gasteiger partial charge is 0.345 e. The number of nitrogens with zero attached hydrogens (tertiary/aromatic N) is 1. The van der Waals surface area contributed by atoms with Gasteiger partial charge < -0.3 is 4.98 Å². The molecule has 0 amide bonds. The second kappa shape index (κ2) is 6.14. The summed E-state index contributed by atoms with van der Waals surface area (Å²) in [4.78, 5) is 8.75. The minimum atomic E-state index is 0.0671. The zero-order valence-electron chi connectivity index (χ0n) is 15.8. The van der Waals surface area contributed by atoms with E-state index in [-0.39, 0.29) is 16.2 Å². The first-order chi connectivity index (χ1) is 9.45. The molecule has 0 radical (unpaired) electrons. The van der Waals surface area contributed by atoms with Gasteiger partial charge >= 0.3 is 0 Å². The van der Waals surface area contributed by atoms with Gasteiger partial charge in [-0.1, -0.05) is 75.2 Å².